The molecule has 1 amide bonds. The number of allylic oxidation sites excluding steroid dienone is 2. The Balaban J connectivity index is 1.12. The molecule has 0 bridgehead atoms. The highest BCUT2D eigenvalue weighted by Crippen LogP contribution is 2.65. The van der Waals surface area contributed by atoms with Crippen LogP contribution in [0.15, 0.2) is 53.3 Å². The van der Waals surface area contributed by atoms with Crippen molar-refractivity contribution in [2.45, 2.75) is 110 Å². The second kappa shape index (κ2) is 10.8. The predicted molar refractivity (Wildman–Crippen MR) is 165 cm³/mol. The molecule has 2 heterocycles. The molecule has 4 aliphatic carbocycles. The largest absolute Gasteiger partial charge is 0.515 e. The van der Waals surface area contributed by atoms with E-state index in [1.807, 2.05) is 35.2 Å². The van der Waals surface area contributed by atoms with Crippen molar-refractivity contribution in [2.24, 2.45) is 40.9 Å². The Bertz CT molecular complexity index is 1340. The zero-order chi connectivity index (χ0) is 30.1. The van der Waals surface area contributed by atoms with E-state index in [1.165, 1.54) is 12.0 Å². The molecule has 6 nitrogen and oxygen atoms in total. The van der Waals surface area contributed by atoms with Crippen molar-refractivity contribution < 1.29 is 24.2 Å². The highest BCUT2D eigenvalue weighted by molar-refractivity contribution is 5.96. The van der Waals surface area contributed by atoms with E-state index in [-0.39, 0.29) is 41.0 Å². The first kappa shape index (κ1) is 29.1. The van der Waals surface area contributed by atoms with Crippen LogP contribution in [0.3, 0.4) is 0 Å². The summed E-state index contributed by atoms with van der Waals surface area (Å²) in [6, 6.07) is 9.97. The summed E-state index contributed by atoms with van der Waals surface area (Å²) in [7, 11) is 0. The number of nitrogens with zero attached hydrogens (tertiary/aromatic N) is 1. The van der Waals surface area contributed by atoms with Crippen LogP contribution in [0, 0.1) is 40.9 Å². The van der Waals surface area contributed by atoms with Gasteiger partial charge < -0.3 is 19.5 Å². The van der Waals surface area contributed by atoms with Gasteiger partial charge in [0.2, 0.25) is 0 Å². The number of aliphatic hydroxyl groups is 1. The second-order valence-corrected chi connectivity index (χ2v) is 15.4. The molecule has 7 rings (SSSR count). The molecule has 0 radical (unpaired) electrons. The maximum atomic E-state index is 13.5. The summed E-state index contributed by atoms with van der Waals surface area (Å²) in [5.74, 6) is 2.95. The van der Waals surface area contributed by atoms with E-state index in [2.05, 4.69) is 27.7 Å². The summed E-state index contributed by atoms with van der Waals surface area (Å²) in [6.45, 7) is 10.3. The topological polar surface area (TPSA) is 76.1 Å². The van der Waals surface area contributed by atoms with Gasteiger partial charge in [-0.25, -0.2) is 4.79 Å². The van der Waals surface area contributed by atoms with Crippen molar-refractivity contribution in [1.82, 2.24) is 4.90 Å². The van der Waals surface area contributed by atoms with Crippen LogP contribution in [0.1, 0.15) is 91.0 Å². The van der Waals surface area contributed by atoms with Gasteiger partial charge >= 0.3 is 6.09 Å². The molecule has 232 valence electrons. The fourth-order valence-electron chi connectivity index (χ4n) is 10.9. The maximum Gasteiger partial charge on any atom is 0.410 e. The van der Waals surface area contributed by atoms with E-state index in [4.69, 9.17) is 9.47 Å². The number of carbonyl (C=O) groups excluding carboxylic acids is 2. The number of piperidine rings is 1. The third kappa shape index (κ3) is 4.69. The Labute approximate surface area is 256 Å². The SMILES string of the molecule is CC1=C2C[C@H]3C(CC[C@@H]4CC(=O)/C(=C\O)C[C@@]43C)[C@@H]2CC[C@@]2(C1)O[C@@H]1C[C@H](C)CN(C(=O)OCc3ccccc3)[C@H]1[C@H]2C. The number of benzene rings is 1. The van der Waals surface area contributed by atoms with E-state index < -0.39 is 0 Å². The van der Waals surface area contributed by atoms with Crippen LogP contribution in [0.25, 0.3) is 0 Å². The number of Topliss-reactive ketones (excluding diaryl/α,β-unsaturated/α-hetero) is 1. The van der Waals surface area contributed by atoms with Crippen LogP contribution in [0.2, 0.25) is 0 Å². The summed E-state index contributed by atoms with van der Waals surface area (Å²) in [6.07, 6.45) is 9.75. The van der Waals surface area contributed by atoms with Gasteiger partial charge in [0.15, 0.2) is 5.78 Å². The average Bonchev–Trinajstić information content (AvgIpc) is 3.46. The predicted octanol–water partition coefficient (Wildman–Crippen LogP) is 7.78. The van der Waals surface area contributed by atoms with E-state index in [9.17, 15) is 14.7 Å². The first-order chi connectivity index (χ1) is 20.6. The number of ether oxygens (including phenoxy) is 2. The Morgan fingerprint density at radius 1 is 1.14 bits per heavy atom. The minimum atomic E-state index is -0.251. The number of hydrogen-bond acceptors (Lipinski definition) is 5. The van der Waals surface area contributed by atoms with E-state index >= 15 is 0 Å². The molecule has 2 aliphatic heterocycles. The standard InChI is InChI=1S/C37H49NO5/c1-22-14-33-34(38(19-22)35(41)42-21-25-8-6-5-7-9-25)24(3)37(43-33)13-12-28-29-11-10-27-15-32(40)26(20-39)18-36(27,4)31(29)16-30(28)23(2)17-37/h5-9,20,22,24,27-29,31,33-34,39H,10-19,21H2,1-4H3/b26-20-/t22-,24+,27+,28-,29?,31-,33+,34-,36-,37-/m0/s1. The fourth-order valence-corrected chi connectivity index (χ4v) is 10.9. The van der Waals surface area contributed by atoms with Gasteiger partial charge in [0.1, 0.15) is 6.61 Å². The highest BCUT2D eigenvalue weighted by atomic mass is 16.6. The molecule has 1 aromatic rings. The van der Waals surface area contributed by atoms with E-state index in [0.717, 1.165) is 63.3 Å². The lowest BCUT2D eigenvalue weighted by molar-refractivity contribution is -0.124. The molecule has 43 heavy (non-hydrogen) atoms. The molecule has 1 unspecified atom stereocenters. The van der Waals surface area contributed by atoms with Gasteiger partial charge in [-0.15, -0.1) is 0 Å². The Kier molecular flexibility index (Phi) is 7.31. The number of likely N-dealkylation sites (tertiary alicyclic amines) is 1. The molecular formula is C37H49NO5. The quantitative estimate of drug-likeness (QED) is 0.217. The molecule has 1 spiro atoms. The average molecular weight is 588 g/mol. The van der Waals surface area contributed by atoms with Crippen LogP contribution >= 0.6 is 0 Å². The number of ketones is 1. The minimum absolute atomic E-state index is 0.0424. The van der Waals surface area contributed by atoms with Crippen molar-refractivity contribution in [2.75, 3.05) is 6.54 Å². The monoisotopic (exact) mass is 587 g/mol. The summed E-state index contributed by atoms with van der Waals surface area (Å²) < 4.78 is 13.0. The Hall–Kier alpha value is -2.60. The lowest BCUT2D eigenvalue weighted by Crippen LogP contribution is -2.54. The van der Waals surface area contributed by atoms with Crippen LogP contribution in [0.4, 0.5) is 4.79 Å². The summed E-state index contributed by atoms with van der Waals surface area (Å²) in [5, 5.41) is 9.84. The Morgan fingerprint density at radius 3 is 2.70 bits per heavy atom. The Morgan fingerprint density at radius 2 is 1.93 bits per heavy atom. The zero-order valence-corrected chi connectivity index (χ0v) is 26.4. The molecule has 6 aliphatic rings. The highest BCUT2D eigenvalue weighted by Gasteiger charge is 2.61. The molecule has 2 saturated heterocycles. The first-order valence-corrected chi connectivity index (χ1v) is 16.8. The number of aliphatic hydroxyl groups excluding tert-OH is 1. The second-order valence-electron chi connectivity index (χ2n) is 15.4. The van der Waals surface area contributed by atoms with Crippen molar-refractivity contribution in [3.63, 3.8) is 0 Å². The number of rotatable bonds is 2. The van der Waals surface area contributed by atoms with Gasteiger partial charge in [-0.2, -0.15) is 0 Å². The van der Waals surface area contributed by atoms with Crippen LogP contribution < -0.4 is 0 Å². The molecular weight excluding hydrogens is 538 g/mol. The van der Waals surface area contributed by atoms with Crippen LogP contribution in [0.5, 0.6) is 0 Å². The number of amides is 1. The van der Waals surface area contributed by atoms with Gasteiger partial charge in [0.05, 0.1) is 24.0 Å². The number of hydrogen-bond donors (Lipinski definition) is 1. The van der Waals surface area contributed by atoms with Crippen molar-refractivity contribution in [3.8, 4) is 0 Å². The molecule has 1 aromatic carbocycles. The van der Waals surface area contributed by atoms with Crippen LogP contribution in [-0.4, -0.2) is 46.2 Å². The van der Waals surface area contributed by atoms with Gasteiger partial charge in [0, 0.05) is 24.5 Å². The van der Waals surface area contributed by atoms with Crippen LogP contribution in [-0.2, 0) is 20.9 Å². The summed E-state index contributed by atoms with van der Waals surface area (Å²) in [4.78, 5) is 28.2. The van der Waals surface area contributed by atoms with Gasteiger partial charge in [-0.05, 0) is 98.9 Å². The molecule has 5 fully saturated rings. The van der Waals surface area contributed by atoms with E-state index in [0.29, 0.717) is 48.2 Å². The fraction of sp³-hybridized carbons (Fsp3) is 0.676. The molecule has 10 atom stereocenters. The molecule has 1 N–H and O–H groups in total. The third-order valence-electron chi connectivity index (χ3n) is 13.1. The number of fused-ring (bicyclic) bond motifs is 6. The van der Waals surface area contributed by atoms with Gasteiger partial charge in [-0.3, -0.25) is 4.79 Å². The van der Waals surface area contributed by atoms with Crippen molar-refractivity contribution >= 4 is 11.9 Å². The number of carbonyl (C=O) groups is 2. The van der Waals surface area contributed by atoms with E-state index in [1.54, 1.807) is 5.57 Å². The summed E-state index contributed by atoms with van der Waals surface area (Å²) in [5.41, 5.74) is 4.61. The molecule has 6 heteroatoms. The van der Waals surface area contributed by atoms with Gasteiger partial charge in [-0.1, -0.05) is 62.2 Å². The minimum Gasteiger partial charge on any atom is -0.515 e. The maximum absolute atomic E-state index is 13.5. The van der Waals surface area contributed by atoms with Gasteiger partial charge in [0.25, 0.3) is 0 Å². The zero-order valence-electron chi connectivity index (χ0n) is 26.4. The lowest BCUT2D eigenvalue weighted by Gasteiger charge is -2.52. The lowest BCUT2D eigenvalue weighted by atomic mass is 9.51. The van der Waals surface area contributed by atoms with Crippen molar-refractivity contribution in [1.29, 1.82) is 0 Å². The summed E-state index contributed by atoms with van der Waals surface area (Å²) >= 11 is 0. The normalized spacial score (nSPS) is 43.2. The van der Waals surface area contributed by atoms with Crippen molar-refractivity contribution in [3.05, 3.63) is 58.9 Å². The smallest absolute Gasteiger partial charge is 0.410 e. The third-order valence-corrected chi connectivity index (χ3v) is 13.1. The molecule has 0 aromatic heterocycles. The first-order valence-electron chi connectivity index (χ1n) is 16.8. The molecule has 3 saturated carbocycles.